The topological polar surface area (TPSA) is 0 Å². The highest BCUT2D eigenvalue weighted by atomic mass is 127. The van der Waals surface area contributed by atoms with Crippen LogP contribution in [0.2, 0.25) is 20.1 Å². The third kappa shape index (κ3) is 2.08. The Morgan fingerprint density at radius 2 is 0.833 bits per heavy atom. The summed E-state index contributed by atoms with van der Waals surface area (Å²) in [5.74, 6) is 0. The lowest BCUT2D eigenvalue weighted by atomic mass is 10.3. The highest BCUT2D eigenvalue weighted by molar-refractivity contribution is 14.1. The molecule has 66 valence electrons. The third-order valence-electron chi connectivity index (χ3n) is 1.16. The first-order valence-electron chi connectivity index (χ1n) is 2.63. The van der Waals surface area contributed by atoms with Crippen LogP contribution in [0.5, 0.6) is 0 Å². The fourth-order valence-corrected chi connectivity index (χ4v) is 3.15. The predicted molar refractivity (Wildman–Crippen MR) is 71.9 cm³/mol. The van der Waals surface area contributed by atoms with Gasteiger partial charge in [-0.3, -0.25) is 0 Å². The number of benzene rings is 1. The fraction of sp³-hybridized carbons (Fsp3) is 0. The minimum Gasteiger partial charge on any atom is -0.0814 e. The van der Waals surface area contributed by atoms with Crippen molar-refractivity contribution in [2.45, 2.75) is 0 Å². The lowest BCUT2D eigenvalue weighted by molar-refractivity contribution is 1.57. The summed E-state index contributed by atoms with van der Waals surface area (Å²) in [7, 11) is 0. The second kappa shape index (κ2) is 4.57. The van der Waals surface area contributed by atoms with Gasteiger partial charge in [-0.25, -0.2) is 0 Å². The Morgan fingerprint density at radius 3 is 1.08 bits per heavy atom. The van der Waals surface area contributed by atoms with Crippen LogP contribution in [-0.2, 0) is 0 Å². The maximum atomic E-state index is 5.87. The molecule has 1 rings (SSSR count). The number of hydrogen-bond donors (Lipinski definition) is 0. The van der Waals surface area contributed by atoms with Gasteiger partial charge < -0.3 is 0 Å². The van der Waals surface area contributed by atoms with E-state index < -0.39 is 0 Å². The van der Waals surface area contributed by atoms with E-state index in [0.717, 1.165) is 7.14 Å². The van der Waals surface area contributed by atoms with Crippen molar-refractivity contribution in [1.82, 2.24) is 0 Å². The third-order valence-corrected chi connectivity index (χ3v) is 6.79. The summed E-state index contributed by atoms with van der Waals surface area (Å²) in [6, 6.07) is 0. The minimum atomic E-state index is 0.313. The predicted octanol–water partition coefficient (Wildman–Crippen LogP) is 5.51. The highest BCUT2D eigenvalue weighted by Gasteiger charge is 2.16. The van der Waals surface area contributed by atoms with Gasteiger partial charge >= 0.3 is 0 Å². The Morgan fingerprint density at radius 1 is 0.583 bits per heavy atom. The number of rotatable bonds is 0. The molecular weight excluding hydrogens is 468 g/mol. The molecule has 0 saturated heterocycles. The molecule has 0 heterocycles. The molecule has 1 aromatic carbocycles. The van der Waals surface area contributed by atoms with Crippen LogP contribution in [0.4, 0.5) is 0 Å². The van der Waals surface area contributed by atoms with E-state index in [2.05, 4.69) is 45.2 Å². The van der Waals surface area contributed by atoms with Crippen molar-refractivity contribution in [3.05, 3.63) is 27.2 Å². The zero-order valence-corrected chi connectivity index (χ0v) is 12.6. The molecule has 1 aromatic rings. The first kappa shape index (κ1) is 11.9. The molecule has 0 unspecified atom stereocenters. The van der Waals surface area contributed by atoms with Crippen molar-refractivity contribution in [1.29, 1.82) is 0 Å². The van der Waals surface area contributed by atoms with E-state index >= 15 is 0 Å². The van der Waals surface area contributed by atoms with E-state index in [1.165, 1.54) is 0 Å². The summed E-state index contributed by atoms with van der Waals surface area (Å²) in [5, 5.41) is 1.54. The van der Waals surface area contributed by atoms with Gasteiger partial charge in [0.1, 0.15) is 0 Å². The van der Waals surface area contributed by atoms with E-state index in [9.17, 15) is 0 Å². The molecule has 0 amide bonds. The van der Waals surface area contributed by atoms with Crippen LogP contribution in [0.25, 0.3) is 0 Å². The van der Waals surface area contributed by atoms with Gasteiger partial charge in [0.2, 0.25) is 0 Å². The van der Waals surface area contributed by atoms with Crippen LogP contribution in [0.1, 0.15) is 0 Å². The minimum absolute atomic E-state index is 0.313. The maximum absolute atomic E-state index is 5.87. The van der Waals surface area contributed by atoms with Crippen molar-refractivity contribution in [3.8, 4) is 0 Å². The Labute approximate surface area is 117 Å². The Balaban J connectivity index is 3.60. The molecule has 0 saturated carbocycles. The largest absolute Gasteiger partial charge is 0.0814 e. The average molecular weight is 468 g/mol. The molecule has 0 aliphatic heterocycles. The van der Waals surface area contributed by atoms with Crippen molar-refractivity contribution in [2.75, 3.05) is 0 Å². The molecule has 0 spiro atoms. The van der Waals surface area contributed by atoms with E-state index in [0.29, 0.717) is 20.1 Å². The molecule has 6 heteroatoms. The van der Waals surface area contributed by atoms with Gasteiger partial charge in [0.05, 0.1) is 20.1 Å². The zero-order valence-electron chi connectivity index (χ0n) is 5.27. The van der Waals surface area contributed by atoms with Crippen LogP contribution in [-0.4, -0.2) is 0 Å². The second-order valence-corrected chi connectivity index (χ2v) is 5.55. The van der Waals surface area contributed by atoms with Crippen molar-refractivity contribution in [2.24, 2.45) is 0 Å². The monoisotopic (exact) mass is 466 g/mol. The molecule has 0 radical (unpaired) electrons. The van der Waals surface area contributed by atoms with Gasteiger partial charge in [-0.1, -0.05) is 46.4 Å². The SMILES string of the molecule is Clc1c(Cl)c(Cl)c(I)c(I)c1Cl. The van der Waals surface area contributed by atoms with Crippen LogP contribution >= 0.6 is 91.6 Å². The van der Waals surface area contributed by atoms with Crippen LogP contribution < -0.4 is 0 Å². The van der Waals surface area contributed by atoms with Gasteiger partial charge in [-0.2, -0.15) is 0 Å². The summed E-state index contributed by atoms with van der Waals surface area (Å²) in [5.41, 5.74) is 0. The van der Waals surface area contributed by atoms with Gasteiger partial charge in [-0.05, 0) is 45.2 Å². The van der Waals surface area contributed by atoms with Crippen molar-refractivity contribution in [3.63, 3.8) is 0 Å². The lowest BCUT2D eigenvalue weighted by Crippen LogP contribution is -1.86. The standard InChI is InChI=1S/C6Cl4I2/c7-1-2(8)4(10)6(12)5(11)3(1)9. The number of halogens is 6. The Kier molecular flexibility index (Phi) is 4.54. The zero-order chi connectivity index (χ0) is 9.46. The van der Waals surface area contributed by atoms with Crippen molar-refractivity contribution >= 4 is 91.6 Å². The van der Waals surface area contributed by atoms with Gasteiger partial charge in [0.15, 0.2) is 0 Å². The average Bonchev–Trinajstić information content (AvgIpc) is 2.08. The van der Waals surface area contributed by atoms with Gasteiger partial charge in [0, 0.05) is 7.14 Å². The molecule has 0 atom stereocenters. The quantitative estimate of drug-likeness (QED) is 0.268. The summed E-state index contributed by atoms with van der Waals surface area (Å²) in [4.78, 5) is 0. The highest BCUT2D eigenvalue weighted by Crippen LogP contribution is 2.42. The smallest absolute Gasteiger partial charge is 0.0805 e. The van der Waals surface area contributed by atoms with E-state index in [4.69, 9.17) is 46.4 Å². The lowest BCUT2D eigenvalue weighted by Gasteiger charge is -2.06. The second-order valence-electron chi connectivity index (χ2n) is 1.88. The first-order valence-corrected chi connectivity index (χ1v) is 6.30. The first-order chi connectivity index (χ1) is 5.46. The van der Waals surface area contributed by atoms with Crippen LogP contribution in [0.3, 0.4) is 0 Å². The molecule has 0 bridgehead atoms. The van der Waals surface area contributed by atoms with Crippen molar-refractivity contribution < 1.29 is 0 Å². The van der Waals surface area contributed by atoms with Gasteiger partial charge in [0.25, 0.3) is 0 Å². The normalized spacial score (nSPS) is 10.5. The van der Waals surface area contributed by atoms with E-state index in [-0.39, 0.29) is 0 Å². The summed E-state index contributed by atoms with van der Waals surface area (Å²) in [6.07, 6.45) is 0. The van der Waals surface area contributed by atoms with E-state index in [1.54, 1.807) is 0 Å². The maximum Gasteiger partial charge on any atom is 0.0805 e. The molecule has 0 aliphatic carbocycles. The molecule has 0 aliphatic rings. The van der Waals surface area contributed by atoms with Gasteiger partial charge in [-0.15, -0.1) is 0 Å². The van der Waals surface area contributed by atoms with Crippen LogP contribution in [0, 0.1) is 7.14 Å². The Hall–Kier alpha value is 1.84. The fourth-order valence-electron chi connectivity index (χ4n) is 0.578. The summed E-state index contributed by atoms with van der Waals surface area (Å²) in [6.45, 7) is 0. The molecule has 0 fully saturated rings. The Bertz CT molecular complexity index is 232. The molecule has 0 nitrogen and oxygen atoms in total. The summed E-state index contributed by atoms with van der Waals surface area (Å²) < 4.78 is 1.66. The molecule has 0 N–H and O–H groups in total. The van der Waals surface area contributed by atoms with E-state index in [1.807, 2.05) is 0 Å². The molecule has 12 heavy (non-hydrogen) atoms. The molecule has 0 aromatic heterocycles. The van der Waals surface area contributed by atoms with Crippen LogP contribution in [0.15, 0.2) is 0 Å². The molecular formula is C6Cl4I2. The summed E-state index contributed by atoms with van der Waals surface area (Å²) >= 11 is 27.5. The number of hydrogen-bond acceptors (Lipinski definition) is 0.